The first-order valence-corrected chi connectivity index (χ1v) is 7.14. The van der Waals surface area contributed by atoms with Crippen LogP contribution in [0, 0.1) is 0 Å². The lowest BCUT2D eigenvalue weighted by atomic mass is 10.2. The van der Waals surface area contributed by atoms with E-state index in [9.17, 15) is 9.59 Å². The summed E-state index contributed by atoms with van der Waals surface area (Å²) < 4.78 is 6.70. The molecule has 0 fully saturated rings. The van der Waals surface area contributed by atoms with E-state index >= 15 is 0 Å². The zero-order valence-electron chi connectivity index (χ0n) is 12.3. The van der Waals surface area contributed by atoms with Crippen LogP contribution in [0.2, 0.25) is 0 Å². The highest BCUT2D eigenvalue weighted by Gasteiger charge is 2.13. The fourth-order valence-electron chi connectivity index (χ4n) is 2.09. The molecule has 0 aliphatic carbocycles. The Labute approximate surface area is 132 Å². The Balaban J connectivity index is 1.51. The van der Waals surface area contributed by atoms with Crippen molar-refractivity contribution in [3.8, 4) is 0 Å². The van der Waals surface area contributed by atoms with Crippen molar-refractivity contribution in [3.05, 3.63) is 72.2 Å². The van der Waals surface area contributed by atoms with Gasteiger partial charge in [-0.2, -0.15) is 0 Å². The number of benzene rings is 1. The summed E-state index contributed by atoms with van der Waals surface area (Å²) in [5, 5.41) is 2.69. The predicted molar refractivity (Wildman–Crippen MR) is 83.8 cm³/mol. The molecule has 1 N–H and O–H groups in total. The number of fused-ring (bicyclic) bond motifs is 1. The van der Waals surface area contributed by atoms with Crippen molar-refractivity contribution in [1.29, 1.82) is 0 Å². The topological polar surface area (TPSA) is 72.7 Å². The molecule has 0 spiro atoms. The maximum absolute atomic E-state index is 11.9. The summed E-state index contributed by atoms with van der Waals surface area (Å²) in [5.74, 6) is -0.977. The molecule has 0 radical (unpaired) electrons. The highest BCUT2D eigenvalue weighted by Crippen LogP contribution is 2.05. The number of carbonyl (C=O) groups is 2. The van der Waals surface area contributed by atoms with Gasteiger partial charge in [-0.25, -0.2) is 9.78 Å². The molecule has 23 heavy (non-hydrogen) atoms. The van der Waals surface area contributed by atoms with E-state index in [1.807, 2.05) is 42.5 Å². The third-order valence-corrected chi connectivity index (χ3v) is 3.24. The number of hydrogen-bond acceptors (Lipinski definition) is 4. The molecule has 3 aromatic rings. The molecule has 0 atom stereocenters. The van der Waals surface area contributed by atoms with Gasteiger partial charge in [-0.15, -0.1) is 0 Å². The monoisotopic (exact) mass is 309 g/mol. The van der Waals surface area contributed by atoms with Gasteiger partial charge in [-0.05, 0) is 17.7 Å². The molecule has 0 saturated carbocycles. The Hall–Kier alpha value is -3.15. The Morgan fingerprint density at radius 1 is 1.09 bits per heavy atom. The summed E-state index contributed by atoms with van der Waals surface area (Å²) >= 11 is 0. The Kier molecular flexibility index (Phi) is 4.33. The van der Waals surface area contributed by atoms with Crippen molar-refractivity contribution in [1.82, 2.24) is 14.7 Å². The number of nitrogens with zero attached hydrogens (tertiary/aromatic N) is 2. The van der Waals surface area contributed by atoms with Crippen LogP contribution >= 0.6 is 0 Å². The molecule has 0 bridgehead atoms. The van der Waals surface area contributed by atoms with Crippen LogP contribution in [0.1, 0.15) is 16.1 Å². The summed E-state index contributed by atoms with van der Waals surface area (Å²) in [6.07, 6.45) is 3.35. The summed E-state index contributed by atoms with van der Waals surface area (Å²) in [7, 11) is 0. The number of ether oxygens (including phenoxy) is 1. The number of esters is 1. The fraction of sp³-hybridized carbons (Fsp3) is 0.118. The molecule has 0 saturated heterocycles. The van der Waals surface area contributed by atoms with E-state index in [0.29, 0.717) is 12.2 Å². The van der Waals surface area contributed by atoms with Crippen molar-refractivity contribution in [2.45, 2.75) is 6.54 Å². The minimum Gasteiger partial charge on any atom is -0.451 e. The molecule has 3 rings (SSSR count). The van der Waals surface area contributed by atoms with E-state index < -0.39 is 5.97 Å². The highest BCUT2D eigenvalue weighted by molar-refractivity contribution is 5.90. The highest BCUT2D eigenvalue weighted by atomic mass is 16.5. The van der Waals surface area contributed by atoms with Gasteiger partial charge in [0, 0.05) is 18.9 Å². The van der Waals surface area contributed by atoms with Gasteiger partial charge in [0.05, 0.1) is 0 Å². The quantitative estimate of drug-likeness (QED) is 0.730. The predicted octanol–water partition coefficient (Wildman–Crippen LogP) is 1.81. The van der Waals surface area contributed by atoms with E-state index in [2.05, 4.69) is 10.3 Å². The number of rotatable bonds is 5. The molecule has 2 heterocycles. The van der Waals surface area contributed by atoms with Gasteiger partial charge in [0.15, 0.2) is 12.3 Å². The first kappa shape index (κ1) is 14.8. The summed E-state index contributed by atoms with van der Waals surface area (Å²) in [6, 6.07) is 14.9. The van der Waals surface area contributed by atoms with E-state index in [4.69, 9.17) is 4.74 Å². The molecular weight excluding hydrogens is 294 g/mol. The SMILES string of the molecule is O=C(COC(=O)c1cn2ccccc2n1)NCc1ccccc1. The number of nitrogens with one attached hydrogen (secondary N) is 1. The number of amides is 1. The molecule has 6 heteroatoms. The van der Waals surface area contributed by atoms with Gasteiger partial charge in [-0.3, -0.25) is 4.79 Å². The lowest BCUT2D eigenvalue weighted by Crippen LogP contribution is -2.28. The van der Waals surface area contributed by atoms with Crippen LogP contribution < -0.4 is 5.32 Å². The summed E-state index contributed by atoms with van der Waals surface area (Å²) in [4.78, 5) is 27.8. The first-order valence-electron chi connectivity index (χ1n) is 7.14. The van der Waals surface area contributed by atoms with Crippen LogP contribution in [0.15, 0.2) is 60.9 Å². The fourth-order valence-corrected chi connectivity index (χ4v) is 2.09. The summed E-state index contributed by atoms with van der Waals surface area (Å²) in [6.45, 7) is 0.0606. The number of hydrogen-bond donors (Lipinski definition) is 1. The molecule has 0 unspecified atom stereocenters. The second-order valence-electron chi connectivity index (χ2n) is 4.93. The first-order chi connectivity index (χ1) is 11.2. The largest absolute Gasteiger partial charge is 0.451 e. The molecular formula is C17H15N3O3. The normalized spacial score (nSPS) is 10.4. The lowest BCUT2D eigenvalue weighted by Gasteiger charge is -2.05. The number of imidazole rings is 1. The van der Waals surface area contributed by atoms with E-state index in [0.717, 1.165) is 5.56 Å². The molecule has 2 aromatic heterocycles. The third kappa shape index (κ3) is 3.74. The lowest BCUT2D eigenvalue weighted by molar-refractivity contribution is -0.124. The summed E-state index contributed by atoms with van der Waals surface area (Å²) in [5.41, 5.74) is 1.80. The maximum atomic E-state index is 11.9. The smallest absolute Gasteiger partial charge is 0.359 e. The molecule has 0 aliphatic rings. The standard InChI is InChI=1S/C17H15N3O3/c21-16(18-10-13-6-2-1-3-7-13)12-23-17(22)14-11-20-9-5-4-8-15(20)19-14/h1-9,11H,10,12H2,(H,18,21). The number of carbonyl (C=O) groups excluding carboxylic acids is 2. The van der Waals surface area contributed by atoms with Crippen molar-refractivity contribution in [2.24, 2.45) is 0 Å². The maximum Gasteiger partial charge on any atom is 0.359 e. The molecule has 1 amide bonds. The second kappa shape index (κ2) is 6.74. The van der Waals surface area contributed by atoms with Crippen LogP contribution in [0.25, 0.3) is 5.65 Å². The average Bonchev–Trinajstić information content (AvgIpc) is 3.03. The zero-order valence-corrected chi connectivity index (χ0v) is 12.3. The third-order valence-electron chi connectivity index (χ3n) is 3.24. The molecule has 6 nitrogen and oxygen atoms in total. The number of aromatic nitrogens is 2. The minimum absolute atomic E-state index is 0.173. The number of pyridine rings is 1. The molecule has 1 aromatic carbocycles. The van der Waals surface area contributed by atoms with Crippen LogP contribution in [0.4, 0.5) is 0 Å². The van der Waals surface area contributed by atoms with Gasteiger partial charge in [-0.1, -0.05) is 36.4 Å². The van der Waals surface area contributed by atoms with Crippen LogP contribution in [-0.2, 0) is 16.1 Å². The molecule has 0 aliphatic heterocycles. The van der Waals surface area contributed by atoms with Gasteiger partial charge in [0.1, 0.15) is 5.65 Å². The minimum atomic E-state index is -0.622. The van der Waals surface area contributed by atoms with Gasteiger partial charge in [0.2, 0.25) is 0 Å². The van der Waals surface area contributed by atoms with E-state index in [-0.39, 0.29) is 18.2 Å². The zero-order chi connectivity index (χ0) is 16.1. The van der Waals surface area contributed by atoms with Crippen molar-refractivity contribution >= 4 is 17.5 Å². The van der Waals surface area contributed by atoms with Crippen molar-refractivity contribution in [3.63, 3.8) is 0 Å². The van der Waals surface area contributed by atoms with Crippen LogP contribution in [-0.4, -0.2) is 27.9 Å². The van der Waals surface area contributed by atoms with Gasteiger partial charge in [0.25, 0.3) is 5.91 Å². The van der Waals surface area contributed by atoms with Crippen LogP contribution in [0.3, 0.4) is 0 Å². The van der Waals surface area contributed by atoms with Gasteiger partial charge < -0.3 is 14.5 Å². The van der Waals surface area contributed by atoms with Gasteiger partial charge >= 0.3 is 5.97 Å². The van der Waals surface area contributed by atoms with Crippen molar-refractivity contribution in [2.75, 3.05) is 6.61 Å². The van der Waals surface area contributed by atoms with E-state index in [1.165, 1.54) is 0 Å². The Morgan fingerprint density at radius 3 is 2.65 bits per heavy atom. The Bertz CT molecular complexity index is 794. The van der Waals surface area contributed by atoms with Crippen molar-refractivity contribution < 1.29 is 14.3 Å². The molecule has 116 valence electrons. The Morgan fingerprint density at radius 2 is 1.87 bits per heavy atom. The average molecular weight is 309 g/mol. The second-order valence-corrected chi connectivity index (χ2v) is 4.93. The van der Waals surface area contributed by atoms with E-state index in [1.54, 1.807) is 22.9 Å². The van der Waals surface area contributed by atoms with Crippen LogP contribution in [0.5, 0.6) is 0 Å².